The van der Waals surface area contributed by atoms with Gasteiger partial charge in [0.2, 0.25) is 0 Å². The van der Waals surface area contributed by atoms with E-state index in [-0.39, 0.29) is 0 Å². The van der Waals surface area contributed by atoms with E-state index in [0.717, 1.165) is 0 Å². The van der Waals surface area contributed by atoms with Crippen molar-refractivity contribution in [2.24, 2.45) is 0 Å². The fourth-order valence-electron chi connectivity index (χ4n) is 1.62. The number of carbonyl (C=O) groups is 1. The van der Waals surface area contributed by atoms with Gasteiger partial charge in [0.25, 0.3) is 0 Å². The molecule has 4 nitrogen and oxygen atoms in total. The number of hydrogen-bond donors (Lipinski definition) is 2. The number of nitrogens with one attached hydrogen (secondary N) is 1. The van der Waals surface area contributed by atoms with Crippen LogP contribution in [0.4, 0.5) is 4.79 Å². The topological polar surface area (TPSA) is 58.6 Å². The monoisotopic (exact) mass is 319 g/mol. The minimum absolute atomic E-state index is 0.350. The number of alkyl carbamates (subject to hydrolysis) is 1. The molecule has 112 valence electrons. The molecule has 1 rings (SSSR count). The molecule has 0 bridgehead atoms. The molecule has 20 heavy (non-hydrogen) atoms. The first-order valence-corrected chi connectivity index (χ1v) is 6.99. The molecule has 0 saturated carbocycles. The summed E-state index contributed by atoms with van der Waals surface area (Å²) in [5.74, 6) is 0. The van der Waals surface area contributed by atoms with Crippen molar-refractivity contribution < 1.29 is 14.6 Å². The van der Waals surface area contributed by atoms with Crippen LogP contribution in [0.2, 0.25) is 10.0 Å². The van der Waals surface area contributed by atoms with Crippen LogP contribution in [0.25, 0.3) is 0 Å². The van der Waals surface area contributed by atoms with Crippen molar-refractivity contribution in [1.82, 2.24) is 5.32 Å². The maximum Gasteiger partial charge on any atom is 0.407 e. The Hall–Kier alpha value is -0.970. The van der Waals surface area contributed by atoms with Crippen molar-refractivity contribution >= 4 is 29.3 Å². The summed E-state index contributed by atoms with van der Waals surface area (Å²) in [5.41, 5.74) is -0.212. The predicted octanol–water partition coefficient (Wildman–Crippen LogP) is 3.94. The summed E-state index contributed by atoms with van der Waals surface area (Å²) < 4.78 is 5.13. The molecule has 0 aliphatic rings. The average molecular weight is 320 g/mol. The van der Waals surface area contributed by atoms with Gasteiger partial charge in [-0.25, -0.2) is 4.79 Å². The zero-order chi connectivity index (χ0) is 15.5. The van der Waals surface area contributed by atoms with Gasteiger partial charge in [-0.1, -0.05) is 29.3 Å². The molecular formula is C14H19Cl2NO3. The van der Waals surface area contributed by atoms with Crippen LogP contribution in [0.1, 0.15) is 39.4 Å². The molecular weight excluding hydrogens is 301 g/mol. The molecule has 0 aliphatic carbocycles. The predicted molar refractivity (Wildman–Crippen MR) is 80.3 cm³/mol. The van der Waals surface area contributed by atoms with Gasteiger partial charge in [0.05, 0.1) is 6.04 Å². The summed E-state index contributed by atoms with van der Waals surface area (Å²) in [5, 5.41) is 13.5. The van der Waals surface area contributed by atoms with Gasteiger partial charge in [-0.05, 0) is 39.8 Å². The molecule has 2 unspecified atom stereocenters. The number of halogens is 2. The van der Waals surface area contributed by atoms with Crippen LogP contribution in [-0.4, -0.2) is 22.8 Å². The minimum Gasteiger partial charge on any atom is -0.444 e. The zero-order valence-corrected chi connectivity index (χ0v) is 13.4. The lowest BCUT2D eigenvalue weighted by atomic mass is 10.0. The molecule has 0 saturated heterocycles. The van der Waals surface area contributed by atoms with Crippen LogP contribution in [0.3, 0.4) is 0 Å². The first-order chi connectivity index (χ1) is 9.11. The van der Waals surface area contributed by atoms with Crippen LogP contribution in [0, 0.1) is 0 Å². The van der Waals surface area contributed by atoms with Gasteiger partial charge in [-0.2, -0.15) is 0 Å². The van der Waals surface area contributed by atoms with Crippen molar-refractivity contribution in [2.45, 2.75) is 45.4 Å². The van der Waals surface area contributed by atoms with E-state index in [2.05, 4.69) is 5.32 Å². The third-order valence-electron chi connectivity index (χ3n) is 2.51. The fraction of sp³-hybridized carbons (Fsp3) is 0.500. The summed E-state index contributed by atoms with van der Waals surface area (Å²) in [6.07, 6.45) is -1.63. The normalized spacial score (nSPS) is 14.6. The zero-order valence-electron chi connectivity index (χ0n) is 11.9. The minimum atomic E-state index is -1.02. The van der Waals surface area contributed by atoms with Crippen LogP contribution in [-0.2, 0) is 4.74 Å². The van der Waals surface area contributed by atoms with E-state index in [1.807, 2.05) is 0 Å². The van der Waals surface area contributed by atoms with Gasteiger partial charge >= 0.3 is 6.09 Å². The molecule has 1 amide bonds. The van der Waals surface area contributed by atoms with Gasteiger partial charge in [-0.15, -0.1) is 0 Å². The van der Waals surface area contributed by atoms with E-state index in [9.17, 15) is 9.90 Å². The highest BCUT2D eigenvalue weighted by atomic mass is 35.5. The second kappa shape index (κ2) is 6.66. The Balaban J connectivity index is 2.77. The van der Waals surface area contributed by atoms with E-state index in [0.29, 0.717) is 15.6 Å². The molecule has 2 atom stereocenters. The largest absolute Gasteiger partial charge is 0.444 e. The maximum atomic E-state index is 11.7. The first kappa shape index (κ1) is 17.1. The van der Waals surface area contributed by atoms with Crippen molar-refractivity contribution in [1.29, 1.82) is 0 Å². The number of rotatable bonds is 3. The SMILES string of the molecule is CC(NC(=O)OC(C)(C)C)C(O)c1c(Cl)cccc1Cl. The van der Waals surface area contributed by atoms with E-state index < -0.39 is 23.8 Å². The van der Waals surface area contributed by atoms with Gasteiger partial charge < -0.3 is 15.2 Å². The molecule has 0 aromatic heterocycles. The Morgan fingerprint density at radius 3 is 2.25 bits per heavy atom. The molecule has 0 aliphatic heterocycles. The van der Waals surface area contributed by atoms with Crippen molar-refractivity contribution in [3.63, 3.8) is 0 Å². The molecule has 0 fully saturated rings. The molecule has 0 spiro atoms. The number of carbonyl (C=O) groups excluding carboxylic acids is 1. The standard InChI is InChI=1S/C14H19Cl2NO3/c1-8(17-13(19)20-14(2,3)4)12(18)11-9(15)6-5-7-10(11)16/h5-8,12,18H,1-4H3,(H,17,19). The molecule has 0 radical (unpaired) electrons. The summed E-state index contributed by atoms with van der Waals surface area (Å²) in [6, 6.07) is 4.35. The third-order valence-corrected chi connectivity index (χ3v) is 3.17. The van der Waals surface area contributed by atoms with E-state index in [4.69, 9.17) is 27.9 Å². The van der Waals surface area contributed by atoms with E-state index in [1.54, 1.807) is 45.9 Å². The van der Waals surface area contributed by atoms with Crippen molar-refractivity contribution in [3.8, 4) is 0 Å². The number of aliphatic hydroxyl groups is 1. The number of ether oxygens (including phenoxy) is 1. The van der Waals surface area contributed by atoms with E-state index in [1.165, 1.54) is 0 Å². The van der Waals surface area contributed by atoms with Crippen LogP contribution >= 0.6 is 23.2 Å². The smallest absolute Gasteiger partial charge is 0.407 e. The van der Waals surface area contributed by atoms with Gasteiger partial charge in [0.15, 0.2) is 0 Å². The van der Waals surface area contributed by atoms with Gasteiger partial charge in [0.1, 0.15) is 11.7 Å². The van der Waals surface area contributed by atoms with Gasteiger partial charge in [-0.3, -0.25) is 0 Å². The van der Waals surface area contributed by atoms with Crippen LogP contribution in [0.15, 0.2) is 18.2 Å². The average Bonchev–Trinajstić information content (AvgIpc) is 2.25. The molecule has 1 aromatic rings. The summed E-state index contributed by atoms with van der Waals surface area (Å²) in [4.78, 5) is 11.7. The Labute approximate surface area is 129 Å². The molecule has 6 heteroatoms. The second-order valence-corrected chi connectivity index (χ2v) is 6.33. The molecule has 0 heterocycles. The maximum absolute atomic E-state index is 11.7. The molecule has 1 aromatic carbocycles. The fourth-order valence-corrected chi connectivity index (χ4v) is 2.24. The second-order valence-electron chi connectivity index (χ2n) is 5.52. The lowest BCUT2D eigenvalue weighted by Gasteiger charge is -2.25. The lowest BCUT2D eigenvalue weighted by molar-refractivity contribution is 0.0436. The Morgan fingerprint density at radius 2 is 1.80 bits per heavy atom. The Morgan fingerprint density at radius 1 is 1.30 bits per heavy atom. The Bertz CT molecular complexity index is 466. The van der Waals surface area contributed by atoms with Crippen LogP contribution in [0.5, 0.6) is 0 Å². The Kier molecular flexibility index (Phi) is 5.68. The third kappa shape index (κ3) is 4.85. The molecule has 2 N–H and O–H groups in total. The number of hydrogen-bond acceptors (Lipinski definition) is 3. The highest BCUT2D eigenvalue weighted by Crippen LogP contribution is 2.31. The highest BCUT2D eigenvalue weighted by molar-refractivity contribution is 6.36. The highest BCUT2D eigenvalue weighted by Gasteiger charge is 2.25. The lowest BCUT2D eigenvalue weighted by Crippen LogP contribution is -2.40. The quantitative estimate of drug-likeness (QED) is 0.887. The summed E-state index contributed by atoms with van der Waals surface area (Å²) >= 11 is 12.0. The number of aliphatic hydroxyl groups excluding tert-OH is 1. The van der Waals surface area contributed by atoms with Gasteiger partial charge in [0, 0.05) is 15.6 Å². The number of amides is 1. The van der Waals surface area contributed by atoms with Crippen molar-refractivity contribution in [2.75, 3.05) is 0 Å². The first-order valence-electron chi connectivity index (χ1n) is 6.23. The van der Waals surface area contributed by atoms with E-state index >= 15 is 0 Å². The van der Waals surface area contributed by atoms with Crippen molar-refractivity contribution in [3.05, 3.63) is 33.8 Å². The van der Waals surface area contributed by atoms with Crippen LogP contribution < -0.4 is 5.32 Å². The number of benzene rings is 1. The summed E-state index contributed by atoms with van der Waals surface area (Å²) in [7, 11) is 0. The summed E-state index contributed by atoms with van der Waals surface area (Å²) in [6.45, 7) is 6.93.